The van der Waals surface area contributed by atoms with Gasteiger partial charge in [0.1, 0.15) is 0 Å². The summed E-state index contributed by atoms with van der Waals surface area (Å²) in [5.74, 6) is 0. The summed E-state index contributed by atoms with van der Waals surface area (Å²) in [6, 6.07) is 0. The third-order valence-electron chi connectivity index (χ3n) is 3.91. The van der Waals surface area contributed by atoms with Crippen LogP contribution in [0.15, 0.2) is 5.03 Å². The number of rotatable bonds is 6. The van der Waals surface area contributed by atoms with Crippen molar-refractivity contribution >= 4 is 10.0 Å². The highest BCUT2D eigenvalue weighted by Gasteiger charge is 2.33. The number of nitrogens with zero attached hydrogens (tertiary/aromatic N) is 2. The first kappa shape index (κ1) is 16.4. The second kappa shape index (κ2) is 6.87. The van der Waals surface area contributed by atoms with Crippen molar-refractivity contribution in [2.45, 2.75) is 44.4 Å². The molecule has 1 aliphatic rings. The fraction of sp³-hybridized carbons (Fsp3) is 0.769. The number of aromatic amines is 1. The Morgan fingerprint density at radius 3 is 2.67 bits per heavy atom. The summed E-state index contributed by atoms with van der Waals surface area (Å²) in [5, 5.41) is 10.1. The quantitative estimate of drug-likeness (QED) is 0.803. The van der Waals surface area contributed by atoms with Crippen LogP contribution in [0.4, 0.5) is 0 Å². The van der Waals surface area contributed by atoms with Gasteiger partial charge in [0.25, 0.3) is 10.0 Å². The summed E-state index contributed by atoms with van der Waals surface area (Å²) in [5.41, 5.74) is 1.52. The Labute approximate surface area is 126 Å². The number of aryl methyl sites for hydroxylation is 1. The minimum Gasteiger partial charge on any atom is -0.381 e. The van der Waals surface area contributed by atoms with E-state index in [2.05, 4.69) is 15.5 Å². The van der Waals surface area contributed by atoms with Gasteiger partial charge in [0.15, 0.2) is 5.03 Å². The first-order chi connectivity index (χ1) is 10.0. The normalized spacial score (nSPS) is 18.2. The Bertz CT molecular complexity index is 562. The predicted octanol–water partition coefficient (Wildman–Crippen LogP) is 0.627. The van der Waals surface area contributed by atoms with Gasteiger partial charge in [-0.15, -0.1) is 0 Å². The summed E-state index contributed by atoms with van der Waals surface area (Å²) in [6.45, 7) is 6.07. The molecule has 7 nitrogen and oxygen atoms in total. The fourth-order valence-electron chi connectivity index (χ4n) is 2.53. The smallest absolute Gasteiger partial charge is 0.262 e. The Morgan fingerprint density at radius 2 is 2.10 bits per heavy atom. The van der Waals surface area contributed by atoms with Gasteiger partial charge in [-0.3, -0.25) is 5.10 Å². The Morgan fingerprint density at radius 1 is 1.43 bits per heavy atom. The summed E-state index contributed by atoms with van der Waals surface area (Å²) in [4.78, 5) is 0. The number of hydrogen-bond acceptors (Lipinski definition) is 5. The van der Waals surface area contributed by atoms with E-state index in [-0.39, 0.29) is 11.1 Å². The van der Waals surface area contributed by atoms with Gasteiger partial charge in [0.2, 0.25) is 0 Å². The molecular formula is C13H24N4O3S. The summed E-state index contributed by atoms with van der Waals surface area (Å²) in [6.07, 6.45) is 1.60. The number of piperidine rings is 1. The van der Waals surface area contributed by atoms with Crippen LogP contribution in [-0.2, 0) is 21.3 Å². The van der Waals surface area contributed by atoms with Crippen LogP contribution >= 0.6 is 0 Å². The Kier molecular flexibility index (Phi) is 5.37. The molecule has 1 fully saturated rings. The van der Waals surface area contributed by atoms with Crippen molar-refractivity contribution in [1.29, 1.82) is 0 Å². The number of methoxy groups -OCH3 is 1. The molecule has 0 aromatic carbocycles. The van der Waals surface area contributed by atoms with E-state index >= 15 is 0 Å². The SMILES string of the molecule is CCNCc1c(S(=O)(=O)N2CCC(OC)CC2)n[nH]c1C. The average Bonchev–Trinajstić information content (AvgIpc) is 2.87. The maximum Gasteiger partial charge on any atom is 0.262 e. The van der Waals surface area contributed by atoms with E-state index in [9.17, 15) is 8.42 Å². The molecule has 0 bridgehead atoms. The highest BCUT2D eigenvalue weighted by atomic mass is 32.2. The molecule has 1 aliphatic heterocycles. The van der Waals surface area contributed by atoms with Crippen molar-refractivity contribution in [3.8, 4) is 0 Å². The first-order valence-corrected chi connectivity index (χ1v) is 8.72. The standard InChI is InChI=1S/C13H24N4O3S/c1-4-14-9-12-10(2)15-16-13(12)21(18,19)17-7-5-11(20-3)6-8-17/h11,14H,4-9H2,1-3H3,(H,15,16). The molecule has 2 heterocycles. The minimum absolute atomic E-state index is 0.150. The van der Waals surface area contributed by atoms with Crippen LogP contribution in [0.2, 0.25) is 0 Å². The lowest BCUT2D eigenvalue weighted by molar-refractivity contribution is 0.0604. The summed E-state index contributed by atoms with van der Waals surface area (Å²) < 4.78 is 32.3. The molecule has 1 saturated heterocycles. The van der Waals surface area contributed by atoms with E-state index < -0.39 is 10.0 Å². The fourth-order valence-corrected chi connectivity index (χ4v) is 4.17. The zero-order valence-corrected chi connectivity index (χ0v) is 13.7. The summed E-state index contributed by atoms with van der Waals surface area (Å²) >= 11 is 0. The topological polar surface area (TPSA) is 87.3 Å². The molecule has 120 valence electrons. The van der Waals surface area contributed by atoms with Crippen LogP contribution in [0.3, 0.4) is 0 Å². The van der Waals surface area contributed by atoms with E-state index in [1.807, 2.05) is 13.8 Å². The second-order valence-electron chi connectivity index (χ2n) is 5.25. The van der Waals surface area contributed by atoms with Crippen molar-refractivity contribution in [3.63, 3.8) is 0 Å². The monoisotopic (exact) mass is 316 g/mol. The van der Waals surface area contributed by atoms with Gasteiger partial charge >= 0.3 is 0 Å². The zero-order chi connectivity index (χ0) is 15.5. The molecule has 1 aromatic rings. The molecule has 0 radical (unpaired) electrons. The average molecular weight is 316 g/mol. The minimum atomic E-state index is -3.54. The van der Waals surface area contributed by atoms with Crippen LogP contribution in [-0.4, -0.2) is 55.8 Å². The Hall–Kier alpha value is -0.960. The number of aromatic nitrogens is 2. The van der Waals surface area contributed by atoms with E-state index in [4.69, 9.17) is 4.74 Å². The van der Waals surface area contributed by atoms with Crippen molar-refractivity contribution in [3.05, 3.63) is 11.3 Å². The lowest BCUT2D eigenvalue weighted by atomic mass is 10.1. The number of nitrogens with one attached hydrogen (secondary N) is 2. The van der Waals surface area contributed by atoms with Gasteiger partial charge in [-0.25, -0.2) is 8.42 Å². The maximum atomic E-state index is 12.8. The van der Waals surface area contributed by atoms with Crippen LogP contribution in [0.5, 0.6) is 0 Å². The predicted molar refractivity (Wildman–Crippen MR) is 79.5 cm³/mol. The van der Waals surface area contributed by atoms with Gasteiger partial charge in [0.05, 0.1) is 6.10 Å². The van der Waals surface area contributed by atoms with Crippen LogP contribution < -0.4 is 5.32 Å². The van der Waals surface area contributed by atoms with Gasteiger partial charge in [-0.1, -0.05) is 6.92 Å². The molecule has 0 amide bonds. The van der Waals surface area contributed by atoms with Gasteiger partial charge in [0, 0.05) is 38.0 Å². The van der Waals surface area contributed by atoms with Crippen LogP contribution in [0.25, 0.3) is 0 Å². The maximum absolute atomic E-state index is 12.8. The summed E-state index contributed by atoms with van der Waals surface area (Å²) in [7, 11) is -1.87. The molecule has 0 spiro atoms. The second-order valence-corrected chi connectivity index (χ2v) is 7.11. The number of hydrogen-bond donors (Lipinski definition) is 2. The molecule has 0 atom stereocenters. The van der Waals surface area contributed by atoms with Crippen molar-refractivity contribution in [2.24, 2.45) is 0 Å². The number of H-pyrrole nitrogens is 1. The van der Waals surface area contributed by atoms with Crippen molar-refractivity contribution in [2.75, 3.05) is 26.7 Å². The Balaban J connectivity index is 2.20. The molecule has 8 heteroatoms. The zero-order valence-electron chi connectivity index (χ0n) is 12.8. The van der Waals surface area contributed by atoms with E-state index in [0.29, 0.717) is 19.6 Å². The van der Waals surface area contributed by atoms with Crippen LogP contribution in [0.1, 0.15) is 31.0 Å². The van der Waals surface area contributed by atoms with Crippen molar-refractivity contribution < 1.29 is 13.2 Å². The van der Waals surface area contributed by atoms with Gasteiger partial charge < -0.3 is 10.1 Å². The van der Waals surface area contributed by atoms with Gasteiger partial charge in [-0.2, -0.15) is 9.40 Å². The molecule has 0 saturated carbocycles. The van der Waals surface area contributed by atoms with Gasteiger partial charge in [-0.05, 0) is 26.3 Å². The third-order valence-corrected chi connectivity index (χ3v) is 5.78. The van der Waals surface area contributed by atoms with E-state index in [1.54, 1.807) is 7.11 Å². The van der Waals surface area contributed by atoms with Crippen molar-refractivity contribution in [1.82, 2.24) is 19.8 Å². The van der Waals surface area contributed by atoms with Crippen LogP contribution in [0, 0.1) is 6.92 Å². The first-order valence-electron chi connectivity index (χ1n) is 7.28. The molecule has 0 unspecified atom stereocenters. The molecule has 2 N–H and O–H groups in total. The molecule has 0 aliphatic carbocycles. The third kappa shape index (κ3) is 3.45. The molecule has 1 aromatic heterocycles. The van der Waals surface area contributed by atoms with E-state index in [1.165, 1.54) is 4.31 Å². The van der Waals surface area contributed by atoms with E-state index in [0.717, 1.165) is 30.6 Å². The molecular weight excluding hydrogens is 292 g/mol. The molecule has 2 rings (SSSR count). The lowest BCUT2D eigenvalue weighted by Gasteiger charge is -2.30. The number of ether oxygens (including phenoxy) is 1. The lowest BCUT2D eigenvalue weighted by Crippen LogP contribution is -2.41. The largest absolute Gasteiger partial charge is 0.381 e. The highest BCUT2D eigenvalue weighted by molar-refractivity contribution is 7.89. The number of sulfonamides is 1. The highest BCUT2D eigenvalue weighted by Crippen LogP contribution is 2.24. The molecule has 21 heavy (non-hydrogen) atoms.